The predicted octanol–water partition coefficient (Wildman–Crippen LogP) is 4.09. The number of rotatable bonds is 2. The lowest BCUT2D eigenvalue weighted by Gasteiger charge is -2.20. The van der Waals surface area contributed by atoms with E-state index in [1.165, 1.54) is 5.56 Å². The molecule has 0 aliphatic rings. The summed E-state index contributed by atoms with van der Waals surface area (Å²) in [7, 11) is 0. The second-order valence-corrected chi connectivity index (χ2v) is 6.05. The Hall–Kier alpha value is -1.02. The van der Waals surface area contributed by atoms with Crippen LogP contribution in [0.1, 0.15) is 47.1 Å². The molecule has 0 bridgehead atoms. The molecule has 1 aromatic rings. The van der Waals surface area contributed by atoms with Gasteiger partial charge in [-0.3, -0.25) is 0 Å². The molecule has 0 aromatic heterocycles. The maximum absolute atomic E-state index is 5.24. The Morgan fingerprint density at radius 3 is 1.69 bits per heavy atom. The lowest BCUT2D eigenvalue weighted by atomic mass is 9.87. The van der Waals surface area contributed by atoms with Crippen molar-refractivity contribution >= 4 is 0 Å². The highest BCUT2D eigenvalue weighted by atomic mass is 17.2. The van der Waals surface area contributed by atoms with Crippen LogP contribution in [0.3, 0.4) is 0 Å². The molecule has 0 heterocycles. The second-order valence-electron chi connectivity index (χ2n) is 6.05. The Morgan fingerprint density at radius 1 is 0.812 bits per heavy atom. The summed E-state index contributed by atoms with van der Waals surface area (Å²) in [6.07, 6.45) is 0. The summed E-state index contributed by atoms with van der Waals surface area (Å²) in [4.78, 5) is 10.5. The van der Waals surface area contributed by atoms with E-state index in [0.717, 1.165) is 5.75 Å². The molecular weight excluding hydrogens is 200 g/mol. The van der Waals surface area contributed by atoms with E-state index in [9.17, 15) is 0 Å². The summed E-state index contributed by atoms with van der Waals surface area (Å²) < 4.78 is 0. The van der Waals surface area contributed by atoms with Crippen molar-refractivity contribution in [2.24, 2.45) is 0 Å². The Bertz CT molecular complexity index is 325. The maximum Gasteiger partial charge on any atom is 0.165 e. The van der Waals surface area contributed by atoms with Crippen LogP contribution in [-0.2, 0) is 10.3 Å². The monoisotopic (exact) mass is 222 g/mol. The molecule has 0 atom stereocenters. The van der Waals surface area contributed by atoms with Gasteiger partial charge in [0.15, 0.2) is 5.75 Å². The Morgan fingerprint density at radius 2 is 1.31 bits per heavy atom. The molecule has 1 rings (SSSR count). The van der Waals surface area contributed by atoms with Gasteiger partial charge in [-0.05, 0) is 43.9 Å². The van der Waals surface area contributed by atoms with Gasteiger partial charge in [-0.15, -0.1) is 0 Å². The van der Waals surface area contributed by atoms with Gasteiger partial charge in [0.1, 0.15) is 5.60 Å². The zero-order valence-electron chi connectivity index (χ0n) is 11.1. The van der Waals surface area contributed by atoms with E-state index < -0.39 is 0 Å². The molecule has 0 unspecified atom stereocenters. The van der Waals surface area contributed by atoms with Gasteiger partial charge in [0.05, 0.1) is 0 Å². The van der Waals surface area contributed by atoms with Crippen LogP contribution in [0, 0.1) is 0 Å². The van der Waals surface area contributed by atoms with Gasteiger partial charge in [0.2, 0.25) is 0 Å². The third kappa shape index (κ3) is 4.23. The normalized spacial score (nSPS) is 12.6. The van der Waals surface area contributed by atoms with Gasteiger partial charge in [-0.2, -0.15) is 4.89 Å². The number of hydrogen-bond donors (Lipinski definition) is 0. The first-order valence-electron chi connectivity index (χ1n) is 5.65. The van der Waals surface area contributed by atoms with E-state index in [1.807, 2.05) is 32.9 Å². The molecule has 0 aliphatic heterocycles. The van der Waals surface area contributed by atoms with Gasteiger partial charge in [0.25, 0.3) is 0 Å². The predicted molar refractivity (Wildman–Crippen MR) is 66.6 cm³/mol. The van der Waals surface area contributed by atoms with Crippen LogP contribution in [0.2, 0.25) is 0 Å². The first-order valence-corrected chi connectivity index (χ1v) is 5.65. The van der Waals surface area contributed by atoms with Gasteiger partial charge >= 0.3 is 0 Å². The summed E-state index contributed by atoms with van der Waals surface area (Å²) in [5, 5.41) is 0. The molecule has 0 N–H and O–H groups in total. The molecule has 2 heteroatoms. The summed E-state index contributed by atoms with van der Waals surface area (Å²) in [6, 6.07) is 8.02. The summed E-state index contributed by atoms with van der Waals surface area (Å²) in [5.74, 6) is 0.739. The fraction of sp³-hybridized carbons (Fsp3) is 0.571. The van der Waals surface area contributed by atoms with E-state index in [1.54, 1.807) is 0 Å². The van der Waals surface area contributed by atoms with Crippen molar-refractivity contribution in [1.29, 1.82) is 0 Å². The maximum atomic E-state index is 5.24. The minimum absolute atomic E-state index is 0.170. The van der Waals surface area contributed by atoms with E-state index in [2.05, 4.69) is 32.9 Å². The largest absolute Gasteiger partial charge is 0.337 e. The molecule has 0 amide bonds. The van der Waals surface area contributed by atoms with Crippen molar-refractivity contribution < 1.29 is 9.78 Å². The minimum atomic E-state index is -0.289. The molecule has 0 saturated carbocycles. The highest BCUT2D eigenvalue weighted by Gasteiger charge is 2.15. The van der Waals surface area contributed by atoms with Crippen molar-refractivity contribution in [3.63, 3.8) is 0 Å². The quantitative estimate of drug-likeness (QED) is 0.554. The molecule has 0 fully saturated rings. The van der Waals surface area contributed by atoms with Crippen LogP contribution in [0.5, 0.6) is 5.75 Å². The first kappa shape index (κ1) is 13.0. The molecular formula is C14H22O2. The molecule has 90 valence electrons. The molecule has 0 saturated heterocycles. The highest BCUT2D eigenvalue weighted by Crippen LogP contribution is 2.24. The van der Waals surface area contributed by atoms with E-state index in [0.29, 0.717) is 0 Å². The summed E-state index contributed by atoms with van der Waals surface area (Å²) in [6.45, 7) is 12.4. The van der Waals surface area contributed by atoms with Crippen molar-refractivity contribution in [3.05, 3.63) is 29.8 Å². The van der Waals surface area contributed by atoms with E-state index in [4.69, 9.17) is 9.78 Å². The first-order chi connectivity index (χ1) is 7.18. The van der Waals surface area contributed by atoms with Crippen LogP contribution in [0.25, 0.3) is 0 Å². The summed E-state index contributed by atoms with van der Waals surface area (Å²) in [5.41, 5.74) is 1.17. The van der Waals surface area contributed by atoms with Crippen molar-refractivity contribution in [1.82, 2.24) is 0 Å². The molecule has 16 heavy (non-hydrogen) atoms. The zero-order valence-corrected chi connectivity index (χ0v) is 11.1. The lowest BCUT2D eigenvalue weighted by Crippen LogP contribution is -2.21. The molecule has 0 radical (unpaired) electrons. The Labute approximate surface area is 98.5 Å². The number of hydrogen-bond acceptors (Lipinski definition) is 2. The van der Waals surface area contributed by atoms with Crippen LogP contribution in [0.15, 0.2) is 24.3 Å². The highest BCUT2D eigenvalue weighted by molar-refractivity contribution is 5.30. The fourth-order valence-corrected chi connectivity index (χ4v) is 1.18. The third-order valence-corrected chi connectivity index (χ3v) is 2.11. The lowest BCUT2D eigenvalue weighted by molar-refractivity contribution is -0.274. The second kappa shape index (κ2) is 4.46. The minimum Gasteiger partial charge on any atom is -0.337 e. The van der Waals surface area contributed by atoms with Gasteiger partial charge < -0.3 is 4.89 Å². The average molecular weight is 222 g/mol. The van der Waals surface area contributed by atoms with Crippen molar-refractivity contribution in [2.75, 3.05) is 0 Å². The molecule has 1 aromatic carbocycles. The van der Waals surface area contributed by atoms with Crippen LogP contribution in [-0.4, -0.2) is 5.60 Å². The molecule has 2 nitrogen and oxygen atoms in total. The average Bonchev–Trinajstić information content (AvgIpc) is 2.13. The van der Waals surface area contributed by atoms with Gasteiger partial charge in [0, 0.05) is 0 Å². The fourth-order valence-electron chi connectivity index (χ4n) is 1.18. The molecule has 0 aliphatic carbocycles. The third-order valence-electron chi connectivity index (χ3n) is 2.11. The van der Waals surface area contributed by atoms with Gasteiger partial charge in [-0.25, -0.2) is 0 Å². The summed E-state index contributed by atoms with van der Waals surface area (Å²) >= 11 is 0. The standard InChI is InChI=1S/C14H22O2/c1-13(2,3)11-7-9-12(10-8-11)15-16-14(4,5)6/h7-10H,1-6H3. The van der Waals surface area contributed by atoms with Crippen molar-refractivity contribution in [2.45, 2.75) is 52.6 Å². The van der Waals surface area contributed by atoms with Crippen LogP contribution in [0.4, 0.5) is 0 Å². The van der Waals surface area contributed by atoms with E-state index >= 15 is 0 Å². The smallest absolute Gasteiger partial charge is 0.165 e. The SMILES string of the molecule is CC(C)(C)OOc1ccc(C(C)(C)C)cc1. The van der Waals surface area contributed by atoms with Crippen LogP contribution >= 0.6 is 0 Å². The zero-order chi connectivity index (χ0) is 12.4. The number of benzene rings is 1. The van der Waals surface area contributed by atoms with Gasteiger partial charge in [-0.1, -0.05) is 32.9 Å². The van der Waals surface area contributed by atoms with E-state index in [-0.39, 0.29) is 11.0 Å². The van der Waals surface area contributed by atoms with Crippen molar-refractivity contribution in [3.8, 4) is 5.75 Å². The Balaban J connectivity index is 2.66. The molecule has 0 spiro atoms. The topological polar surface area (TPSA) is 18.5 Å². The Kier molecular flexibility index (Phi) is 3.64. The van der Waals surface area contributed by atoms with Crippen LogP contribution < -0.4 is 4.89 Å².